The predicted molar refractivity (Wildman–Crippen MR) is 131 cm³/mol. The Morgan fingerprint density at radius 3 is 2.31 bits per heavy atom. The number of carbonyl (C=O) groups is 1. The number of carbonyl (C=O) groups excluding carboxylic acids is 1. The third kappa shape index (κ3) is 6.77. The second-order valence-electron chi connectivity index (χ2n) is 8.19. The molecule has 1 amide bonds. The van der Waals surface area contributed by atoms with E-state index in [0.717, 1.165) is 22.0 Å². The van der Waals surface area contributed by atoms with Crippen molar-refractivity contribution >= 4 is 21.6 Å². The van der Waals surface area contributed by atoms with E-state index in [4.69, 9.17) is 4.42 Å². The molecule has 0 aliphatic carbocycles. The monoisotopic (exact) mass is 499 g/mol. The van der Waals surface area contributed by atoms with Gasteiger partial charge in [-0.1, -0.05) is 37.3 Å². The van der Waals surface area contributed by atoms with E-state index in [1.807, 2.05) is 37.3 Å². The van der Waals surface area contributed by atoms with Crippen LogP contribution in [0.1, 0.15) is 31.6 Å². The van der Waals surface area contributed by atoms with Gasteiger partial charge in [0.05, 0.1) is 29.2 Å². The molecule has 0 aliphatic heterocycles. The Morgan fingerprint density at radius 1 is 1.06 bits per heavy atom. The maximum atomic E-state index is 13.4. The number of nitrogens with zero attached hydrogens (tertiary/aromatic N) is 3. The molecule has 0 fully saturated rings. The summed E-state index contributed by atoms with van der Waals surface area (Å²) in [4.78, 5) is 25.3. The number of rotatable bonds is 12. The highest BCUT2D eigenvalue weighted by Crippen LogP contribution is 2.23. The van der Waals surface area contributed by atoms with Crippen molar-refractivity contribution in [3.63, 3.8) is 0 Å². The molecule has 1 heterocycles. The van der Waals surface area contributed by atoms with Crippen LogP contribution in [0, 0.1) is 10.1 Å². The van der Waals surface area contributed by atoms with E-state index in [1.165, 1.54) is 18.4 Å². The Labute approximate surface area is 205 Å². The number of sulfonamides is 1. The molecule has 0 aliphatic rings. The smallest absolute Gasteiger partial charge is 0.269 e. The van der Waals surface area contributed by atoms with Crippen LogP contribution in [0.4, 0.5) is 5.69 Å². The number of nitro groups is 1. The van der Waals surface area contributed by atoms with Gasteiger partial charge in [-0.15, -0.1) is 0 Å². The maximum absolute atomic E-state index is 13.4. The number of hydrogen-bond acceptors (Lipinski definition) is 6. The largest absolute Gasteiger partial charge is 0.467 e. The Morgan fingerprint density at radius 2 is 1.74 bits per heavy atom. The average molecular weight is 500 g/mol. The highest BCUT2D eigenvalue weighted by Gasteiger charge is 2.32. The molecule has 0 radical (unpaired) electrons. The first-order valence-corrected chi connectivity index (χ1v) is 12.8. The van der Waals surface area contributed by atoms with Crippen LogP contribution in [-0.4, -0.2) is 47.6 Å². The van der Waals surface area contributed by atoms with Gasteiger partial charge < -0.3 is 9.32 Å². The number of hydrogen-bond donors (Lipinski definition) is 0. The molecule has 9 nitrogen and oxygen atoms in total. The van der Waals surface area contributed by atoms with Crippen LogP contribution >= 0.6 is 0 Å². The lowest BCUT2D eigenvalue weighted by Crippen LogP contribution is -2.46. The molecule has 2 aromatic carbocycles. The van der Waals surface area contributed by atoms with E-state index in [-0.39, 0.29) is 29.6 Å². The van der Waals surface area contributed by atoms with Gasteiger partial charge in [-0.05, 0) is 49.6 Å². The highest BCUT2D eigenvalue weighted by atomic mass is 32.2. The SMILES string of the molecule is CCC(C)N(CC(=O)N(CCc1ccccc1)Cc1ccco1)S(=O)(=O)c1ccc([N+](=O)[O-])cc1. The zero-order chi connectivity index (χ0) is 25.4. The van der Waals surface area contributed by atoms with Gasteiger partial charge in [0, 0.05) is 24.7 Å². The molecule has 0 spiro atoms. The minimum absolute atomic E-state index is 0.0990. The van der Waals surface area contributed by atoms with E-state index in [0.29, 0.717) is 25.1 Å². The molecule has 3 rings (SSSR count). The molecule has 0 bridgehead atoms. The Bertz CT molecular complexity index is 1210. The third-order valence-electron chi connectivity index (χ3n) is 5.82. The summed E-state index contributed by atoms with van der Waals surface area (Å²) in [6.45, 7) is 3.81. The van der Waals surface area contributed by atoms with Gasteiger partial charge in [-0.25, -0.2) is 8.42 Å². The maximum Gasteiger partial charge on any atom is 0.269 e. The molecule has 1 atom stereocenters. The molecular weight excluding hydrogens is 470 g/mol. The van der Waals surface area contributed by atoms with Crippen molar-refractivity contribution in [1.29, 1.82) is 0 Å². The molecule has 35 heavy (non-hydrogen) atoms. The van der Waals surface area contributed by atoms with Gasteiger partial charge in [0.2, 0.25) is 15.9 Å². The average Bonchev–Trinajstić information content (AvgIpc) is 3.38. The van der Waals surface area contributed by atoms with Crippen molar-refractivity contribution < 1.29 is 22.6 Å². The van der Waals surface area contributed by atoms with E-state index >= 15 is 0 Å². The van der Waals surface area contributed by atoms with Crippen LogP contribution < -0.4 is 0 Å². The molecule has 0 saturated carbocycles. The molecule has 1 unspecified atom stereocenters. The predicted octanol–water partition coefficient (Wildman–Crippen LogP) is 4.25. The summed E-state index contributed by atoms with van der Waals surface area (Å²) in [6, 6.07) is 17.4. The van der Waals surface area contributed by atoms with Crippen molar-refractivity contribution in [1.82, 2.24) is 9.21 Å². The van der Waals surface area contributed by atoms with Gasteiger partial charge >= 0.3 is 0 Å². The van der Waals surface area contributed by atoms with E-state index in [2.05, 4.69) is 0 Å². The van der Waals surface area contributed by atoms with Crippen molar-refractivity contribution in [3.05, 3.63) is 94.4 Å². The summed E-state index contributed by atoms with van der Waals surface area (Å²) in [5.74, 6) is 0.239. The standard InChI is InChI=1S/C25H29N3O6S/c1-3-20(2)27(35(32,33)24-13-11-22(12-14-24)28(30)31)19-25(29)26(18-23-10-7-17-34-23)16-15-21-8-5-4-6-9-21/h4-14,17,20H,3,15-16,18-19H2,1-2H3. The van der Waals surface area contributed by atoms with Crippen LogP contribution in [0.15, 0.2) is 82.3 Å². The second-order valence-corrected chi connectivity index (χ2v) is 10.1. The fourth-order valence-electron chi connectivity index (χ4n) is 3.58. The number of nitro benzene ring substituents is 1. The van der Waals surface area contributed by atoms with Crippen LogP contribution in [-0.2, 0) is 27.8 Å². The lowest BCUT2D eigenvalue weighted by atomic mass is 10.1. The Balaban J connectivity index is 1.84. The summed E-state index contributed by atoms with van der Waals surface area (Å²) in [7, 11) is -4.07. The highest BCUT2D eigenvalue weighted by molar-refractivity contribution is 7.89. The minimum atomic E-state index is -4.07. The van der Waals surface area contributed by atoms with Gasteiger partial charge in [-0.2, -0.15) is 4.31 Å². The van der Waals surface area contributed by atoms with Crippen LogP contribution in [0.5, 0.6) is 0 Å². The lowest BCUT2D eigenvalue weighted by Gasteiger charge is -2.30. The molecular formula is C25H29N3O6S. The summed E-state index contributed by atoms with van der Waals surface area (Å²) < 4.78 is 33.5. The number of furan rings is 1. The van der Waals surface area contributed by atoms with Crippen molar-refractivity contribution in [2.24, 2.45) is 0 Å². The summed E-state index contributed by atoms with van der Waals surface area (Å²) in [6.07, 6.45) is 2.62. The van der Waals surface area contributed by atoms with Crippen LogP contribution in [0.2, 0.25) is 0 Å². The molecule has 3 aromatic rings. The fraction of sp³-hybridized carbons (Fsp3) is 0.320. The van der Waals surface area contributed by atoms with E-state index in [9.17, 15) is 23.3 Å². The number of benzene rings is 2. The number of non-ortho nitro benzene ring substituents is 1. The molecule has 1 aromatic heterocycles. The Hall–Kier alpha value is -3.50. The van der Waals surface area contributed by atoms with Crippen LogP contribution in [0.25, 0.3) is 0 Å². The van der Waals surface area contributed by atoms with Gasteiger partial charge in [0.25, 0.3) is 5.69 Å². The second kappa shape index (κ2) is 11.8. The summed E-state index contributed by atoms with van der Waals surface area (Å²) in [5.41, 5.74) is 0.850. The van der Waals surface area contributed by atoms with Crippen molar-refractivity contribution in [3.8, 4) is 0 Å². The van der Waals surface area contributed by atoms with Crippen LogP contribution in [0.3, 0.4) is 0 Å². The summed E-state index contributed by atoms with van der Waals surface area (Å²) >= 11 is 0. The van der Waals surface area contributed by atoms with Gasteiger partial charge in [-0.3, -0.25) is 14.9 Å². The fourth-order valence-corrected chi connectivity index (χ4v) is 5.24. The minimum Gasteiger partial charge on any atom is -0.467 e. The van der Waals surface area contributed by atoms with Gasteiger partial charge in [0.1, 0.15) is 5.76 Å². The van der Waals surface area contributed by atoms with Gasteiger partial charge in [0.15, 0.2) is 0 Å². The molecule has 186 valence electrons. The Kier molecular flexibility index (Phi) is 8.78. The summed E-state index contributed by atoms with van der Waals surface area (Å²) in [5, 5.41) is 11.0. The van der Waals surface area contributed by atoms with E-state index in [1.54, 1.807) is 24.0 Å². The topological polar surface area (TPSA) is 114 Å². The first-order valence-electron chi connectivity index (χ1n) is 11.3. The lowest BCUT2D eigenvalue weighted by molar-refractivity contribution is -0.384. The van der Waals surface area contributed by atoms with E-state index < -0.39 is 21.0 Å². The zero-order valence-electron chi connectivity index (χ0n) is 19.7. The first kappa shape index (κ1) is 26.1. The molecule has 0 saturated heterocycles. The molecule has 0 N–H and O–H groups in total. The molecule has 10 heteroatoms. The normalized spacial score (nSPS) is 12.4. The first-order chi connectivity index (χ1) is 16.7. The number of amides is 1. The quantitative estimate of drug-likeness (QED) is 0.272. The van der Waals surface area contributed by atoms with Crippen molar-refractivity contribution in [2.75, 3.05) is 13.1 Å². The zero-order valence-corrected chi connectivity index (χ0v) is 20.6. The van der Waals surface area contributed by atoms with Crippen molar-refractivity contribution in [2.45, 2.75) is 44.2 Å². The third-order valence-corrected chi connectivity index (χ3v) is 7.79.